The van der Waals surface area contributed by atoms with Crippen LogP contribution in [0.5, 0.6) is 0 Å². The van der Waals surface area contributed by atoms with Crippen LogP contribution in [0.2, 0.25) is 5.02 Å². The SMILES string of the molecule is O=C(NCc1nnc2cc(-c3nc(C4CC4)no3)ccn12)c1ccccc1Cl. The van der Waals surface area contributed by atoms with Crippen molar-refractivity contribution in [1.29, 1.82) is 0 Å². The number of rotatable bonds is 5. The minimum atomic E-state index is -0.266. The van der Waals surface area contributed by atoms with E-state index in [9.17, 15) is 4.79 Å². The fourth-order valence-corrected chi connectivity index (χ4v) is 3.17. The van der Waals surface area contributed by atoms with Crippen molar-refractivity contribution in [3.63, 3.8) is 0 Å². The summed E-state index contributed by atoms with van der Waals surface area (Å²) in [6.45, 7) is 0.219. The molecule has 28 heavy (non-hydrogen) atoms. The van der Waals surface area contributed by atoms with E-state index >= 15 is 0 Å². The lowest BCUT2D eigenvalue weighted by atomic mass is 10.2. The van der Waals surface area contributed by atoms with Crippen molar-refractivity contribution in [3.05, 3.63) is 64.8 Å². The molecular formula is C19H15ClN6O2. The van der Waals surface area contributed by atoms with Gasteiger partial charge >= 0.3 is 0 Å². The Morgan fingerprint density at radius 3 is 2.93 bits per heavy atom. The van der Waals surface area contributed by atoms with Gasteiger partial charge in [0.05, 0.1) is 17.1 Å². The number of fused-ring (bicyclic) bond motifs is 1. The van der Waals surface area contributed by atoms with Crippen LogP contribution in [0.4, 0.5) is 0 Å². The molecule has 0 radical (unpaired) electrons. The Bertz CT molecular complexity index is 1180. The molecule has 3 aromatic heterocycles. The first kappa shape index (κ1) is 16.9. The van der Waals surface area contributed by atoms with Crippen LogP contribution in [0.1, 0.15) is 40.8 Å². The van der Waals surface area contributed by atoms with Gasteiger partial charge in [-0.25, -0.2) is 0 Å². The first-order valence-corrected chi connectivity index (χ1v) is 9.27. The first-order valence-electron chi connectivity index (χ1n) is 8.89. The summed E-state index contributed by atoms with van der Waals surface area (Å²) in [5.74, 6) is 2.01. The second-order valence-corrected chi connectivity index (χ2v) is 7.06. The lowest BCUT2D eigenvalue weighted by Crippen LogP contribution is -2.24. The number of nitrogens with zero attached hydrogens (tertiary/aromatic N) is 5. The number of carbonyl (C=O) groups excluding carboxylic acids is 1. The van der Waals surface area contributed by atoms with Gasteiger partial charge in [-0.1, -0.05) is 28.9 Å². The van der Waals surface area contributed by atoms with Crippen LogP contribution in [0.15, 0.2) is 47.1 Å². The summed E-state index contributed by atoms with van der Waals surface area (Å²) in [4.78, 5) is 16.8. The van der Waals surface area contributed by atoms with Crippen LogP contribution >= 0.6 is 11.6 Å². The van der Waals surface area contributed by atoms with Gasteiger partial charge in [0.15, 0.2) is 17.3 Å². The molecule has 0 saturated heterocycles. The van der Waals surface area contributed by atoms with E-state index in [1.807, 2.05) is 18.3 Å². The van der Waals surface area contributed by atoms with E-state index in [0.29, 0.717) is 33.9 Å². The second-order valence-electron chi connectivity index (χ2n) is 6.65. The lowest BCUT2D eigenvalue weighted by Gasteiger charge is -2.06. The van der Waals surface area contributed by atoms with Crippen LogP contribution in [0, 0.1) is 0 Å². The van der Waals surface area contributed by atoms with Gasteiger partial charge in [-0.2, -0.15) is 4.98 Å². The van der Waals surface area contributed by atoms with E-state index in [0.717, 1.165) is 24.2 Å². The average Bonchev–Trinajstić information content (AvgIpc) is 3.30. The third kappa shape index (κ3) is 3.11. The summed E-state index contributed by atoms with van der Waals surface area (Å²) in [7, 11) is 0. The van der Waals surface area contributed by atoms with Crippen LogP contribution in [0.3, 0.4) is 0 Å². The van der Waals surface area contributed by atoms with Gasteiger partial charge in [-0.05, 0) is 37.1 Å². The van der Waals surface area contributed by atoms with Crippen molar-refractivity contribution in [1.82, 2.24) is 30.1 Å². The van der Waals surface area contributed by atoms with Crippen LogP contribution in [-0.4, -0.2) is 30.6 Å². The number of amides is 1. The van der Waals surface area contributed by atoms with Crippen molar-refractivity contribution < 1.29 is 9.32 Å². The number of carbonyl (C=O) groups is 1. The molecule has 0 atom stereocenters. The van der Waals surface area contributed by atoms with Gasteiger partial charge in [0, 0.05) is 17.7 Å². The third-order valence-corrected chi connectivity index (χ3v) is 4.97. The van der Waals surface area contributed by atoms with Crippen LogP contribution in [-0.2, 0) is 6.54 Å². The highest BCUT2D eigenvalue weighted by Gasteiger charge is 2.29. The van der Waals surface area contributed by atoms with Crippen molar-refractivity contribution in [3.8, 4) is 11.5 Å². The molecule has 1 aliphatic carbocycles. The van der Waals surface area contributed by atoms with Crippen molar-refractivity contribution in [2.24, 2.45) is 0 Å². The first-order chi connectivity index (χ1) is 13.7. The quantitative estimate of drug-likeness (QED) is 0.558. The summed E-state index contributed by atoms with van der Waals surface area (Å²) >= 11 is 6.06. The maximum absolute atomic E-state index is 12.3. The molecule has 3 heterocycles. The van der Waals surface area contributed by atoms with E-state index in [1.54, 1.807) is 28.7 Å². The highest BCUT2D eigenvalue weighted by atomic mass is 35.5. The zero-order chi connectivity index (χ0) is 19.1. The molecule has 0 bridgehead atoms. The van der Waals surface area contributed by atoms with E-state index < -0.39 is 0 Å². The Hall–Kier alpha value is -3.26. The molecule has 1 saturated carbocycles. The minimum Gasteiger partial charge on any atom is -0.345 e. The summed E-state index contributed by atoms with van der Waals surface area (Å²) in [6, 6.07) is 10.6. The molecular weight excluding hydrogens is 380 g/mol. The number of benzene rings is 1. The molecule has 1 amide bonds. The van der Waals surface area contributed by atoms with E-state index in [4.69, 9.17) is 16.1 Å². The van der Waals surface area contributed by atoms with Crippen LogP contribution < -0.4 is 5.32 Å². The van der Waals surface area contributed by atoms with Gasteiger partial charge < -0.3 is 9.84 Å². The second kappa shape index (κ2) is 6.72. The van der Waals surface area contributed by atoms with Crippen molar-refractivity contribution in [2.75, 3.05) is 0 Å². The normalized spacial score (nSPS) is 13.8. The van der Waals surface area contributed by atoms with E-state index in [2.05, 4.69) is 25.7 Å². The lowest BCUT2D eigenvalue weighted by molar-refractivity contribution is 0.0950. The Morgan fingerprint density at radius 2 is 2.11 bits per heavy atom. The van der Waals surface area contributed by atoms with Crippen molar-refractivity contribution >= 4 is 23.2 Å². The van der Waals surface area contributed by atoms with E-state index in [-0.39, 0.29) is 12.5 Å². The molecule has 140 valence electrons. The molecule has 5 rings (SSSR count). The Labute approximate surface area is 164 Å². The molecule has 1 aliphatic rings. The zero-order valence-corrected chi connectivity index (χ0v) is 15.4. The van der Waals surface area contributed by atoms with Gasteiger partial charge in [0.25, 0.3) is 11.8 Å². The number of hydrogen-bond acceptors (Lipinski definition) is 6. The highest BCUT2D eigenvalue weighted by Crippen LogP contribution is 2.38. The largest absolute Gasteiger partial charge is 0.345 e. The number of aromatic nitrogens is 5. The fraction of sp³-hybridized carbons (Fsp3) is 0.211. The topological polar surface area (TPSA) is 98.2 Å². The summed E-state index contributed by atoms with van der Waals surface area (Å²) in [6.07, 6.45) is 4.06. The molecule has 0 spiro atoms. The predicted octanol–water partition coefficient (Wildman–Crippen LogP) is 3.24. The maximum atomic E-state index is 12.3. The minimum absolute atomic E-state index is 0.219. The van der Waals surface area contributed by atoms with Gasteiger partial charge in [0.2, 0.25) is 0 Å². The standard InChI is InChI=1S/C19H15ClN6O2/c20-14-4-2-1-3-13(14)18(27)21-10-16-24-23-15-9-12(7-8-26(15)16)19-22-17(25-28-19)11-5-6-11/h1-4,7-9,11H,5-6,10H2,(H,21,27). The Kier molecular flexibility index (Phi) is 4.05. The smallest absolute Gasteiger partial charge is 0.258 e. The summed E-state index contributed by atoms with van der Waals surface area (Å²) in [5, 5.41) is 15.6. The van der Waals surface area contributed by atoms with E-state index in [1.165, 1.54) is 0 Å². The monoisotopic (exact) mass is 394 g/mol. The van der Waals surface area contributed by atoms with Gasteiger partial charge in [-0.15, -0.1) is 10.2 Å². The molecule has 0 unspecified atom stereocenters. The number of nitrogens with one attached hydrogen (secondary N) is 1. The summed E-state index contributed by atoms with van der Waals surface area (Å²) < 4.78 is 7.16. The number of pyridine rings is 1. The fourth-order valence-electron chi connectivity index (χ4n) is 2.95. The van der Waals surface area contributed by atoms with Crippen LogP contribution in [0.25, 0.3) is 17.1 Å². The Morgan fingerprint density at radius 1 is 1.25 bits per heavy atom. The summed E-state index contributed by atoms with van der Waals surface area (Å²) in [5.41, 5.74) is 1.83. The molecule has 1 fully saturated rings. The molecule has 9 heteroatoms. The predicted molar refractivity (Wildman–Crippen MR) is 101 cm³/mol. The molecule has 1 aromatic carbocycles. The van der Waals surface area contributed by atoms with Gasteiger partial charge in [-0.3, -0.25) is 9.20 Å². The van der Waals surface area contributed by atoms with Gasteiger partial charge in [0.1, 0.15) is 0 Å². The molecule has 0 aliphatic heterocycles. The van der Waals surface area contributed by atoms with Crippen molar-refractivity contribution in [2.45, 2.75) is 25.3 Å². The highest BCUT2D eigenvalue weighted by molar-refractivity contribution is 6.33. The maximum Gasteiger partial charge on any atom is 0.258 e. The molecule has 8 nitrogen and oxygen atoms in total. The number of halogens is 1. The Balaban J connectivity index is 1.34. The molecule has 4 aromatic rings. The average molecular weight is 395 g/mol. The molecule has 1 N–H and O–H groups in total. The zero-order valence-electron chi connectivity index (χ0n) is 14.7. The third-order valence-electron chi connectivity index (χ3n) is 4.64. The number of hydrogen-bond donors (Lipinski definition) is 1.